The molecule has 0 unspecified atom stereocenters. The fourth-order valence-corrected chi connectivity index (χ4v) is 3.17. The van der Waals surface area contributed by atoms with Gasteiger partial charge in [0.15, 0.2) is 0 Å². The lowest BCUT2D eigenvalue weighted by atomic mass is 10.0. The molecular weight excluding hydrogens is 354 g/mol. The molecule has 0 aliphatic carbocycles. The summed E-state index contributed by atoms with van der Waals surface area (Å²) < 4.78 is 0.902. The van der Waals surface area contributed by atoms with Crippen LogP contribution in [0.15, 0.2) is 46.9 Å². The molecule has 3 aromatic rings. The number of benzene rings is 2. The average molecular weight is 365 g/mol. The highest BCUT2D eigenvalue weighted by atomic mass is 79.9. The minimum atomic E-state index is -0.871. The third kappa shape index (κ3) is 2.57. The zero-order valence-corrected chi connectivity index (χ0v) is 13.2. The van der Waals surface area contributed by atoms with Crippen molar-refractivity contribution >= 4 is 44.4 Å². The number of hydrogen-bond acceptors (Lipinski definition) is 1. The first-order valence-corrected chi connectivity index (χ1v) is 7.51. The first-order valence-electron chi connectivity index (χ1n) is 6.33. The van der Waals surface area contributed by atoms with E-state index >= 15 is 0 Å². The second kappa shape index (κ2) is 5.54. The van der Waals surface area contributed by atoms with Gasteiger partial charge in [0.2, 0.25) is 0 Å². The summed E-state index contributed by atoms with van der Waals surface area (Å²) in [5, 5.41) is 10.6. The summed E-state index contributed by atoms with van der Waals surface area (Å²) in [6.07, 6.45) is -0.0585. The van der Waals surface area contributed by atoms with Crippen molar-refractivity contribution in [2.24, 2.45) is 0 Å². The molecule has 2 aromatic carbocycles. The Morgan fingerprint density at radius 3 is 2.67 bits per heavy atom. The van der Waals surface area contributed by atoms with Crippen LogP contribution < -0.4 is 0 Å². The Morgan fingerprint density at radius 1 is 1.19 bits per heavy atom. The van der Waals surface area contributed by atoms with Gasteiger partial charge in [0.05, 0.1) is 22.7 Å². The summed E-state index contributed by atoms with van der Waals surface area (Å²) in [5.74, 6) is -0.871. The molecule has 0 aliphatic heterocycles. The Labute approximate surface area is 134 Å². The van der Waals surface area contributed by atoms with E-state index in [9.17, 15) is 9.90 Å². The van der Waals surface area contributed by atoms with Crippen molar-refractivity contribution in [1.82, 2.24) is 4.98 Å². The van der Waals surface area contributed by atoms with E-state index in [0.717, 1.165) is 32.2 Å². The van der Waals surface area contributed by atoms with Gasteiger partial charge in [-0.05, 0) is 17.7 Å². The molecule has 21 heavy (non-hydrogen) atoms. The van der Waals surface area contributed by atoms with Crippen LogP contribution in [-0.4, -0.2) is 16.1 Å². The maximum atomic E-state index is 11.2. The Bertz CT molecular complexity index is 841. The van der Waals surface area contributed by atoms with Gasteiger partial charge in [0, 0.05) is 15.4 Å². The second-order valence-electron chi connectivity index (χ2n) is 4.69. The van der Waals surface area contributed by atoms with Crippen LogP contribution in [0.4, 0.5) is 0 Å². The predicted molar refractivity (Wildman–Crippen MR) is 87.8 cm³/mol. The van der Waals surface area contributed by atoms with Crippen LogP contribution in [0.1, 0.15) is 5.56 Å². The topological polar surface area (TPSA) is 53.1 Å². The van der Waals surface area contributed by atoms with Gasteiger partial charge in [-0.3, -0.25) is 4.79 Å². The Morgan fingerprint density at radius 2 is 1.95 bits per heavy atom. The van der Waals surface area contributed by atoms with E-state index < -0.39 is 5.97 Å². The van der Waals surface area contributed by atoms with E-state index in [0.29, 0.717) is 5.02 Å². The lowest BCUT2D eigenvalue weighted by Crippen LogP contribution is -2.01. The Balaban J connectivity index is 2.33. The van der Waals surface area contributed by atoms with Crippen molar-refractivity contribution in [2.75, 3.05) is 0 Å². The first kappa shape index (κ1) is 14.2. The zero-order chi connectivity index (χ0) is 15.0. The molecule has 0 fully saturated rings. The normalized spacial score (nSPS) is 11.0. The molecule has 0 saturated heterocycles. The van der Waals surface area contributed by atoms with E-state index in [-0.39, 0.29) is 6.42 Å². The van der Waals surface area contributed by atoms with Crippen molar-refractivity contribution in [3.63, 3.8) is 0 Å². The molecule has 0 aliphatic rings. The highest BCUT2D eigenvalue weighted by Gasteiger charge is 2.18. The molecule has 0 atom stereocenters. The van der Waals surface area contributed by atoms with Crippen LogP contribution in [0.5, 0.6) is 0 Å². The largest absolute Gasteiger partial charge is 0.481 e. The molecule has 0 amide bonds. The number of carboxylic acid groups (broad SMARTS) is 1. The molecule has 1 heterocycles. The van der Waals surface area contributed by atoms with Crippen molar-refractivity contribution in [3.8, 4) is 11.3 Å². The number of rotatable bonds is 3. The number of carboxylic acids is 1. The maximum absolute atomic E-state index is 11.2. The lowest BCUT2D eigenvalue weighted by molar-refractivity contribution is -0.136. The minimum Gasteiger partial charge on any atom is -0.481 e. The third-order valence-corrected chi connectivity index (χ3v) is 4.37. The van der Waals surface area contributed by atoms with Crippen molar-refractivity contribution in [2.45, 2.75) is 6.42 Å². The summed E-state index contributed by atoms with van der Waals surface area (Å²) in [7, 11) is 0. The highest BCUT2D eigenvalue weighted by molar-refractivity contribution is 9.10. The summed E-state index contributed by atoms with van der Waals surface area (Å²) >= 11 is 9.72. The van der Waals surface area contributed by atoms with E-state index in [1.165, 1.54) is 0 Å². The van der Waals surface area contributed by atoms with E-state index in [2.05, 4.69) is 20.9 Å². The van der Waals surface area contributed by atoms with Gasteiger partial charge in [-0.25, -0.2) is 0 Å². The predicted octanol–water partition coefficient (Wildman–Crippen LogP) is 4.88. The zero-order valence-electron chi connectivity index (χ0n) is 10.9. The summed E-state index contributed by atoms with van der Waals surface area (Å²) in [4.78, 5) is 14.5. The minimum absolute atomic E-state index is 0.0585. The summed E-state index contributed by atoms with van der Waals surface area (Å²) in [6.45, 7) is 0. The number of hydrogen-bond donors (Lipinski definition) is 2. The van der Waals surface area contributed by atoms with Gasteiger partial charge in [-0.15, -0.1) is 0 Å². The van der Waals surface area contributed by atoms with E-state index in [4.69, 9.17) is 11.6 Å². The first-order chi connectivity index (χ1) is 10.1. The number of para-hydroxylation sites is 1. The lowest BCUT2D eigenvalue weighted by Gasteiger charge is -2.05. The van der Waals surface area contributed by atoms with Gasteiger partial charge < -0.3 is 10.1 Å². The van der Waals surface area contributed by atoms with Crippen LogP contribution >= 0.6 is 27.5 Å². The SMILES string of the molecule is O=C(O)Cc1c(-c2ccccc2Br)[nH]c2c(Cl)cccc12. The number of halogens is 2. The fourth-order valence-electron chi connectivity index (χ4n) is 2.47. The summed E-state index contributed by atoms with van der Waals surface area (Å²) in [5.41, 5.74) is 3.21. The molecule has 0 bridgehead atoms. The number of fused-ring (bicyclic) bond motifs is 1. The average Bonchev–Trinajstić information content (AvgIpc) is 2.79. The van der Waals surface area contributed by atoms with E-state index in [1.54, 1.807) is 6.07 Å². The second-order valence-corrected chi connectivity index (χ2v) is 5.95. The third-order valence-electron chi connectivity index (χ3n) is 3.36. The molecule has 106 valence electrons. The molecule has 0 saturated carbocycles. The van der Waals surface area contributed by atoms with Gasteiger partial charge in [-0.1, -0.05) is 57.9 Å². The van der Waals surface area contributed by atoms with Gasteiger partial charge >= 0.3 is 5.97 Å². The molecule has 0 spiro atoms. The standard InChI is InChI=1S/C16H11BrClNO2/c17-12-6-2-1-4-10(12)15-11(8-14(20)21)9-5-3-7-13(18)16(9)19-15/h1-7,19H,8H2,(H,20,21). The summed E-state index contributed by atoms with van der Waals surface area (Å²) in [6, 6.07) is 13.2. The quantitative estimate of drug-likeness (QED) is 0.696. The molecular formula is C16H11BrClNO2. The molecule has 3 nitrogen and oxygen atoms in total. The van der Waals surface area contributed by atoms with Crippen molar-refractivity contribution in [3.05, 3.63) is 57.5 Å². The van der Waals surface area contributed by atoms with Crippen LogP contribution in [0.25, 0.3) is 22.2 Å². The number of carbonyl (C=O) groups is 1. The number of aromatic nitrogens is 1. The highest BCUT2D eigenvalue weighted by Crippen LogP contribution is 2.36. The molecule has 2 N–H and O–H groups in total. The number of nitrogens with one attached hydrogen (secondary N) is 1. The van der Waals surface area contributed by atoms with E-state index in [1.807, 2.05) is 36.4 Å². The monoisotopic (exact) mass is 363 g/mol. The molecule has 3 rings (SSSR count). The van der Waals surface area contributed by atoms with Crippen molar-refractivity contribution < 1.29 is 9.90 Å². The molecule has 0 radical (unpaired) electrons. The van der Waals surface area contributed by atoms with Crippen LogP contribution in [0.3, 0.4) is 0 Å². The van der Waals surface area contributed by atoms with Crippen LogP contribution in [0.2, 0.25) is 5.02 Å². The number of aromatic amines is 1. The maximum Gasteiger partial charge on any atom is 0.307 e. The van der Waals surface area contributed by atoms with Crippen LogP contribution in [0, 0.1) is 0 Å². The number of H-pyrrole nitrogens is 1. The fraction of sp³-hybridized carbons (Fsp3) is 0.0625. The van der Waals surface area contributed by atoms with Gasteiger partial charge in [-0.2, -0.15) is 0 Å². The van der Waals surface area contributed by atoms with Crippen molar-refractivity contribution in [1.29, 1.82) is 0 Å². The van der Waals surface area contributed by atoms with Gasteiger partial charge in [0.25, 0.3) is 0 Å². The van der Waals surface area contributed by atoms with Gasteiger partial charge in [0.1, 0.15) is 0 Å². The van der Waals surface area contributed by atoms with Crippen LogP contribution in [-0.2, 0) is 11.2 Å². The molecule has 5 heteroatoms. The smallest absolute Gasteiger partial charge is 0.307 e. The Kier molecular flexibility index (Phi) is 3.74. The Hall–Kier alpha value is -1.78. The molecule has 1 aromatic heterocycles. The number of aliphatic carboxylic acids is 1.